The van der Waals surface area contributed by atoms with E-state index >= 15 is 0 Å². The van der Waals surface area contributed by atoms with Crippen molar-refractivity contribution in [3.8, 4) is 0 Å². The van der Waals surface area contributed by atoms with Crippen LogP contribution in [0.4, 0.5) is 5.69 Å². The highest BCUT2D eigenvalue weighted by Gasteiger charge is 2.07. The van der Waals surface area contributed by atoms with Gasteiger partial charge in [-0.15, -0.1) is 0 Å². The van der Waals surface area contributed by atoms with Crippen LogP contribution < -0.4 is 16.0 Å². The van der Waals surface area contributed by atoms with Crippen molar-refractivity contribution in [1.82, 2.24) is 10.6 Å². The summed E-state index contributed by atoms with van der Waals surface area (Å²) in [5.74, 6) is -0.192. The minimum atomic E-state index is -0.131. The summed E-state index contributed by atoms with van der Waals surface area (Å²) in [5.41, 5.74) is 1.31. The van der Waals surface area contributed by atoms with Gasteiger partial charge in [0.1, 0.15) is 0 Å². The van der Waals surface area contributed by atoms with Gasteiger partial charge in [0.15, 0.2) is 0 Å². The highest BCUT2D eigenvalue weighted by molar-refractivity contribution is 5.95. The topological polar surface area (TPSA) is 79.5 Å². The number of hydrogen-bond donors (Lipinski definition) is 3. The van der Waals surface area contributed by atoms with E-state index in [1.54, 1.807) is 25.3 Å². The Hall–Kier alpha value is -2.08. The summed E-state index contributed by atoms with van der Waals surface area (Å²) in [6.07, 6.45) is 1.67. The monoisotopic (exact) mass is 321 g/mol. The molecular weight excluding hydrogens is 294 g/mol. The number of ether oxygens (including phenoxy) is 1. The lowest BCUT2D eigenvalue weighted by Gasteiger charge is -2.13. The van der Waals surface area contributed by atoms with Crippen molar-refractivity contribution in [2.45, 2.75) is 32.7 Å². The highest BCUT2D eigenvalue weighted by atomic mass is 16.5. The Morgan fingerprint density at radius 3 is 2.78 bits per heavy atom. The molecule has 1 rings (SSSR count). The molecule has 1 aromatic carbocycles. The van der Waals surface area contributed by atoms with E-state index in [0.29, 0.717) is 18.7 Å². The van der Waals surface area contributed by atoms with Gasteiger partial charge in [-0.05, 0) is 38.0 Å². The molecule has 0 heterocycles. The van der Waals surface area contributed by atoms with Crippen LogP contribution in [0.1, 0.15) is 37.0 Å². The van der Waals surface area contributed by atoms with E-state index in [9.17, 15) is 9.59 Å². The number of amides is 2. The Balaban J connectivity index is 2.46. The van der Waals surface area contributed by atoms with Gasteiger partial charge in [-0.3, -0.25) is 9.59 Å². The molecule has 0 aliphatic rings. The maximum atomic E-state index is 12.0. The summed E-state index contributed by atoms with van der Waals surface area (Å²) in [6.45, 7) is 5.36. The van der Waals surface area contributed by atoms with E-state index in [0.717, 1.165) is 18.5 Å². The average molecular weight is 321 g/mol. The second-order valence-electron chi connectivity index (χ2n) is 5.41. The van der Waals surface area contributed by atoms with Crippen molar-refractivity contribution in [2.24, 2.45) is 0 Å². The molecule has 1 atom stereocenters. The molecule has 0 saturated carbocycles. The van der Waals surface area contributed by atoms with Crippen LogP contribution >= 0.6 is 0 Å². The summed E-state index contributed by atoms with van der Waals surface area (Å²) < 4.78 is 4.94. The lowest BCUT2D eigenvalue weighted by Crippen LogP contribution is -2.36. The molecule has 6 nitrogen and oxygen atoms in total. The molecule has 0 bridgehead atoms. The summed E-state index contributed by atoms with van der Waals surface area (Å²) in [6, 6.07) is 7.27. The van der Waals surface area contributed by atoms with Crippen LogP contribution in [0.2, 0.25) is 0 Å². The standard InChI is InChI=1S/C17H27N3O3/c1-4-13(2)20-16(21)12-19-15-8-5-7-14(11-15)17(22)18-9-6-10-23-3/h5,7-8,11,13,19H,4,6,9-10,12H2,1-3H3,(H,18,22)(H,20,21). The van der Waals surface area contributed by atoms with Gasteiger partial charge in [0, 0.05) is 37.6 Å². The van der Waals surface area contributed by atoms with Gasteiger partial charge in [-0.1, -0.05) is 13.0 Å². The second-order valence-corrected chi connectivity index (χ2v) is 5.41. The first kappa shape index (κ1) is 19.0. The molecule has 0 fully saturated rings. The number of benzene rings is 1. The first-order valence-corrected chi connectivity index (χ1v) is 7.97. The van der Waals surface area contributed by atoms with E-state index in [1.807, 2.05) is 19.9 Å². The van der Waals surface area contributed by atoms with Crippen LogP contribution in [0.25, 0.3) is 0 Å². The normalized spacial score (nSPS) is 11.6. The summed E-state index contributed by atoms with van der Waals surface area (Å²) in [4.78, 5) is 23.8. The maximum absolute atomic E-state index is 12.0. The van der Waals surface area contributed by atoms with E-state index in [4.69, 9.17) is 4.74 Å². The Morgan fingerprint density at radius 1 is 1.30 bits per heavy atom. The molecule has 0 radical (unpaired) electrons. The predicted molar refractivity (Wildman–Crippen MR) is 91.7 cm³/mol. The van der Waals surface area contributed by atoms with Crippen molar-refractivity contribution in [2.75, 3.05) is 32.1 Å². The number of methoxy groups -OCH3 is 1. The van der Waals surface area contributed by atoms with Gasteiger partial charge >= 0.3 is 0 Å². The lowest BCUT2D eigenvalue weighted by atomic mass is 10.2. The molecule has 0 saturated heterocycles. The molecule has 1 aromatic rings. The highest BCUT2D eigenvalue weighted by Crippen LogP contribution is 2.10. The molecular formula is C17H27N3O3. The van der Waals surface area contributed by atoms with Crippen molar-refractivity contribution in [3.63, 3.8) is 0 Å². The fourth-order valence-corrected chi connectivity index (χ4v) is 1.90. The van der Waals surface area contributed by atoms with Gasteiger partial charge < -0.3 is 20.7 Å². The smallest absolute Gasteiger partial charge is 0.251 e. The molecule has 1 unspecified atom stereocenters. The number of nitrogens with one attached hydrogen (secondary N) is 3. The Bertz CT molecular complexity index is 506. The first-order valence-electron chi connectivity index (χ1n) is 7.97. The molecule has 3 N–H and O–H groups in total. The first-order chi connectivity index (χ1) is 11.1. The molecule has 2 amide bonds. The maximum Gasteiger partial charge on any atom is 0.251 e. The van der Waals surface area contributed by atoms with E-state index in [1.165, 1.54) is 0 Å². The fraction of sp³-hybridized carbons (Fsp3) is 0.529. The van der Waals surface area contributed by atoms with Crippen LogP contribution in [0.5, 0.6) is 0 Å². The van der Waals surface area contributed by atoms with Gasteiger partial charge in [0.2, 0.25) is 5.91 Å². The largest absolute Gasteiger partial charge is 0.385 e. The number of rotatable bonds is 10. The van der Waals surface area contributed by atoms with Crippen LogP contribution in [-0.4, -0.2) is 44.7 Å². The van der Waals surface area contributed by atoms with Gasteiger partial charge in [0.25, 0.3) is 5.91 Å². The predicted octanol–water partition coefficient (Wildman–Crippen LogP) is 1.78. The second kappa shape index (κ2) is 10.6. The Kier molecular flexibility index (Phi) is 8.75. The molecule has 0 aromatic heterocycles. The Labute approximate surface area is 138 Å². The summed E-state index contributed by atoms with van der Waals surface area (Å²) in [5, 5.41) is 8.75. The zero-order chi connectivity index (χ0) is 17.1. The molecule has 23 heavy (non-hydrogen) atoms. The summed E-state index contributed by atoms with van der Waals surface area (Å²) in [7, 11) is 1.63. The third kappa shape index (κ3) is 7.65. The molecule has 128 valence electrons. The lowest BCUT2D eigenvalue weighted by molar-refractivity contribution is -0.120. The molecule has 0 aliphatic heterocycles. The van der Waals surface area contributed by atoms with Crippen molar-refractivity contribution >= 4 is 17.5 Å². The number of anilines is 1. The minimum absolute atomic E-state index is 0.0613. The molecule has 0 spiro atoms. The van der Waals surface area contributed by atoms with E-state index in [2.05, 4.69) is 16.0 Å². The van der Waals surface area contributed by atoms with Gasteiger partial charge in [-0.2, -0.15) is 0 Å². The van der Waals surface area contributed by atoms with Gasteiger partial charge in [-0.25, -0.2) is 0 Å². The van der Waals surface area contributed by atoms with Crippen molar-refractivity contribution in [3.05, 3.63) is 29.8 Å². The quantitative estimate of drug-likeness (QED) is 0.574. The van der Waals surface area contributed by atoms with Crippen LogP contribution in [-0.2, 0) is 9.53 Å². The fourth-order valence-electron chi connectivity index (χ4n) is 1.90. The van der Waals surface area contributed by atoms with E-state index < -0.39 is 0 Å². The van der Waals surface area contributed by atoms with Crippen molar-refractivity contribution < 1.29 is 14.3 Å². The van der Waals surface area contributed by atoms with Crippen molar-refractivity contribution in [1.29, 1.82) is 0 Å². The van der Waals surface area contributed by atoms with Gasteiger partial charge in [0.05, 0.1) is 6.54 Å². The van der Waals surface area contributed by atoms with Crippen LogP contribution in [0, 0.1) is 0 Å². The minimum Gasteiger partial charge on any atom is -0.385 e. The molecule has 6 heteroatoms. The number of hydrogen-bond acceptors (Lipinski definition) is 4. The molecule has 0 aliphatic carbocycles. The Morgan fingerprint density at radius 2 is 2.09 bits per heavy atom. The van der Waals surface area contributed by atoms with Crippen LogP contribution in [0.3, 0.4) is 0 Å². The number of carbonyl (C=O) groups excluding carboxylic acids is 2. The third-order valence-corrected chi connectivity index (χ3v) is 3.41. The SMILES string of the molecule is CCC(C)NC(=O)CNc1cccc(C(=O)NCCCOC)c1. The average Bonchev–Trinajstić information content (AvgIpc) is 2.56. The number of carbonyl (C=O) groups is 2. The summed E-state index contributed by atoms with van der Waals surface area (Å²) >= 11 is 0. The van der Waals surface area contributed by atoms with E-state index in [-0.39, 0.29) is 24.4 Å². The van der Waals surface area contributed by atoms with Crippen LogP contribution in [0.15, 0.2) is 24.3 Å². The third-order valence-electron chi connectivity index (χ3n) is 3.41. The zero-order valence-electron chi connectivity index (χ0n) is 14.1. The zero-order valence-corrected chi connectivity index (χ0v) is 14.1.